The second-order valence-corrected chi connectivity index (χ2v) is 5.42. The molecule has 0 radical (unpaired) electrons. The number of nitrogens with two attached hydrogens (primary N) is 2. The molecule has 1 aliphatic rings. The summed E-state index contributed by atoms with van der Waals surface area (Å²) in [5.74, 6) is -3.17. The van der Waals surface area contributed by atoms with Crippen LogP contribution in [-0.4, -0.2) is 15.7 Å². The first-order chi connectivity index (χ1) is 9.38. The van der Waals surface area contributed by atoms with E-state index >= 15 is 0 Å². The predicted molar refractivity (Wildman–Crippen MR) is 74.6 cm³/mol. The highest BCUT2D eigenvalue weighted by Gasteiger charge is 2.56. The monoisotopic (exact) mass is 298 g/mol. The summed E-state index contributed by atoms with van der Waals surface area (Å²) >= 11 is 6.14. The zero-order valence-corrected chi connectivity index (χ0v) is 11.2. The van der Waals surface area contributed by atoms with Crippen LogP contribution in [0.4, 0.5) is 20.2 Å². The average Bonchev–Trinajstić information content (AvgIpc) is 2.79. The topological polar surface area (TPSA) is 69.9 Å². The largest absolute Gasteiger partial charge is 0.397 e. The number of hydrogen-bond acceptors (Lipinski definition) is 3. The van der Waals surface area contributed by atoms with E-state index in [2.05, 4.69) is 5.10 Å². The maximum absolute atomic E-state index is 12.9. The van der Waals surface area contributed by atoms with E-state index in [4.69, 9.17) is 23.1 Å². The summed E-state index contributed by atoms with van der Waals surface area (Å²) in [5.41, 5.74) is 13.6. The summed E-state index contributed by atoms with van der Waals surface area (Å²) in [6.07, 6.45) is 3.19. The summed E-state index contributed by atoms with van der Waals surface area (Å²) in [5, 5.41) is 4.43. The van der Waals surface area contributed by atoms with Gasteiger partial charge in [0, 0.05) is 36.2 Å². The van der Waals surface area contributed by atoms with Gasteiger partial charge in [0.1, 0.15) is 0 Å². The van der Waals surface area contributed by atoms with Gasteiger partial charge in [0.05, 0.1) is 22.6 Å². The molecular weight excluding hydrogens is 286 g/mol. The molecule has 4 N–H and O–H groups in total. The third-order valence-electron chi connectivity index (χ3n) is 3.52. The van der Waals surface area contributed by atoms with Gasteiger partial charge in [0.2, 0.25) is 0 Å². The van der Waals surface area contributed by atoms with Crippen LogP contribution in [0.25, 0.3) is 11.1 Å². The molecule has 0 saturated heterocycles. The first-order valence-electron chi connectivity index (χ1n) is 6.12. The maximum Gasteiger partial charge on any atom is 0.253 e. The van der Waals surface area contributed by atoms with Crippen molar-refractivity contribution in [2.45, 2.75) is 18.9 Å². The van der Waals surface area contributed by atoms with Gasteiger partial charge in [0.25, 0.3) is 5.92 Å². The Morgan fingerprint density at radius 3 is 2.75 bits per heavy atom. The lowest BCUT2D eigenvalue weighted by Crippen LogP contribution is -2.05. The van der Waals surface area contributed by atoms with Crippen LogP contribution in [0.1, 0.15) is 6.42 Å². The molecule has 0 aliphatic heterocycles. The zero-order valence-electron chi connectivity index (χ0n) is 10.5. The Hall–Kier alpha value is -1.82. The SMILES string of the molecule is Nc1ccc(-c2cnn(CC3CC3(F)F)c2)c(Cl)c1N. The number of alkyl halides is 2. The second kappa shape index (κ2) is 4.34. The standard InChI is InChI=1S/C13H13ClF2N4/c14-11-9(1-2-10(17)12(11)18)7-4-19-20(5-7)6-8-3-13(8,15)16/h1-2,4-5,8H,3,6,17-18H2. The van der Waals surface area contributed by atoms with E-state index < -0.39 is 11.8 Å². The molecule has 1 atom stereocenters. The Bertz CT molecular complexity index is 668. The molecule has 1 saturated carbocycles. The molecule has 2 aromatic rings. The lowest BCUT2D eigenvalue weighted by Gasteiger charge is -2.07. The first-order valence-corrected chi connectivity index (χ1v) is 6.50. The van der Waals surface area contributed by atoms with Crippen molar-refractivity contribution in [1.82, 2.24) is 9.78 Å². The molecule has 4 nitrogen and oxygen atoms in total. The number of benzene rings is 1. The van der Waals surface area contributed by atoms with E-state index in [1.807, 2.05) is 0 Å². The van der Waals surface area contributed by atoms with Crippen LogP contribution in [0.2, 0.25) is 5.02 Å². The molecule has 0 spiro atoms. The molecule has 1 aromatic carbocycles. The van der Waals surface area contributed by atoms with Gasteiger partial charge in [-0.1, -0.05) is 17.7 Å². The van der Waals surface area contributed by atoms with Gasteiger partial charge in [-0.2, -0.15) is 5.10 Å². The molecule has 1 aromatic heterocycles. The highest BCUT2D eigenvalue weighted by Crippen LogP contribution is 2.49. The third kappa shape index (κ3) is 2.20. The molecule has 1 aliphatic carbocycles. The number of hydrogen-bond donors (Lipinski definition) is 2. The Kier molecular flexibility index (Phi) is 2.86. The summed E-state index contributed by atoms with van der Waals surface area (Å²) in [7, 11) is 0. The van der Waals surface area contributed by atoms with Gasteiger partial charge in [-0.25, -0.2) is 8.78 Å². The van der Waals surface area contributed by atoms with Crippen LogP contribution < -0.4 is 11.5 Å². The molecule has 20 heavy (non-hydrogen) atoms. The summed E-state index contributed by atoms with van der Waals surface area (Å²) in [6.45, 7) is 0.203. The molecule has 3 rings (SSSR count). The van der Waals surface area contributed by atoms with E-state index in [1.165, 1.54) is 4.68 Å². The van der Waals surface area contributed by atoms with Crippen LogP contribution in [0.5, 0.6) is 0 Å². The fourth-order valence-corrected chi connectivity index (χ4v) is 2.41. The van der Waals surface area contributed by atoms with Crippen molar-refractivity contribution >= 4 is 23.0 Å². The smallest absolute Gasteiger partial charge is 0.253 e. The Morgan fingerprint density at radius 2 is 2.10 bits per heavy atom. The molecular formula is C13H13ClF2N4. The Balaban J connectivity index is 1.85. The van der Waals surface area contributed by atoms with E-state index in [9.17, 15) is 8.78 Å². The average molecular weight is 299 g/mol. The van der Waals surface area contributed by atoms with E-state index in [0.717, 1.165) is 5.56 Å². The number of rotatable bonds is 3. The highest BCUT2D eigenvalue weighted by atomic mass is 35.5. The Labute approximate surface area is 119 Å². The lowest BCUT2D eigenvalue weighted by atomic mass is 10.1. The van der Waals surface area contributed by atoms with Crippen LogP contribution in [0.3, 0.4) is 0 Å². The zero-order chi connectivity index (χ0) is 14.5. The Morgan fingerprint density at radius 1 is 1.40 bits per heavy atom. The molecule has 106 valence electrons. The van der Waals surface area contributed by atoms with Crippen LogP contribution in [0.15, 0.2) is 24.5 Å². The van der Waals surface area contributed by atoms with Crippen LogP contribution in [0, 0.1) is 5.92 Å². The molecule has 1 heterocycles. The lowest BCUT2D eigenvalue weighted by molar-refractivity contribution is 0.0942. The van der Waals surface area contributed by atoms with E-state index in [-0.39, 0.29) is 13.0 Å². The predicted octanol–water partition coefficient (Wildman–Crippen LogP) is 3.02. The molecule has 1 fully saturated rings. The van der Waals surface area contributed by atoms with E-state index in [0.29, 0.717) is 22.0 Å². The second-order valence-electron chi connectivity index (χ2n) is 5.04. The number of anilines is 2. The number of nitrogen functional groups attached to an aromatic ring is 2. The normalized spacial score (nSPS) is 20.1. The quantitative estimate of drug-likeness (QED) is 0.856. The highest BCUT2D eigenvalue weighted by molar-refractivity contribution is 6.36. The third-order valence-corrected chi connectivity index (χ3v) is 3.93. The van der Waals surface area contributed by atoms with Crippen molar-refractivity contribution in [3.63, 3.8) is 0 Å². The summed E-state index contributed by atoms with van der Waals surface area (Å²) in [4.78, 5) is 0. The number of nitrogens with zero attached hydrogens (tertiary/aromatic N) is 2. The van der Waals surface area contributed by atoms with Crippen molar-refractivity contribution in [2.75, 3.05) is 11.5 Å². The van der Waals surface area contributed by atoms with Gasteiger partial charge < -0.3 is 11.5 Å². The molecule has 0 amide bonds. The summed E-state index contributed by atoms with van der Waals surface area (Å²) in [6, 6.07) is 3.39. The van der Waals surface area contributed by atoms with Gasteiger partial charge in [-0.15, -0.1) is 0 Å². The van der Waals surface area contributed by atoms with Crippen molar-refractivity contribution in [3.8, 4) is 11.1 Å². The van der Waals surface area contributed by atoms with Crippen molar-refractivity contribution in [3.05, 3.63) is 29.5 Å². The number of halogens is 3. The van der Waals surface area contributed by atoms with E-state index in [1.54, 1.807) is 24.5 Å². The van der Waals surface area contributed by atoms with Crippen LogP contribution >= 0.6 is 11.6 Å². The molecule has 0 bridgehead atoms. The minimum absolute atomic E-state index is 0.0717. The van der Waals surface area contributed by atoms with Crippen molar-refractivity contribution in [2.24, 2.45) is 5.92 Å². The maximum atomic E-state index is 12.9. The van der Waals surface area contributed by atoms with Crippen molar-refractivity contribution < 1.29 is 8.78 Å². The minimum atomic E-state index is -2.55. The minimum Gasteiger partial charge on any atom is -0.397 e. The van der Waals surface area contributed by atoms with Gasteiger partial charge in [-0.3, -0.25) is 4.68 Å². The summed E-state index contributed by atoms with van der Waals surface area (Å²) < 4.78 is 27.3. The van der Waals surface area contributed by atoms with Gasteiger partial charge in [0.15, 0.2) is 0 Å². The van der Waals surface area contributed by atoms with Gasteiger partial charge >= 0.3 is 0 Å². The van der Waals surface area contributed by atoms with Gasteiger partial charge in [-0.05, 0) is 6.07 Å². The van der Waals surface area contributed by atoms with Crippen LogP contribution in [-0.2, 0) is 6.54 Å². The molecule has 1 unspecified atom stereocenters. The molecule has 7 heteroatoms. The van der Waals surface area contributed by atoms with Crippen molar-refractivity contribution in [1.29, 1.82) is 0 Å². The number of aromatic nitrogens is 2. The first kappa shape index (κ1) is 13.2. The fraction of sp³-hybridized carbons (Fsp3) is 0.308. The fourth-order valence-electron chi connectivity index (χ4n) is 2.13.